The highest BCUT2D eigenvalue weighted by molar-refractivity contribution is 5.85. The Morgan fingerprint density at radius 1 is 0.971 bits per heavy atom. The fourth-order valence-corrected chi connectivity index (χ4v) is 5.08. The Balaban J connectivity index is 2.26. The molecule has 1 rings (SSSR count). The second-order valence-electron chi connectivity index (χ2n) is 11.2. The Morgan fingerprint density at radius 2 is 1.41 bits per heavy atom. The molecule has 0 radical (unpaired) electrons. The van der Waals surface area contributed by atoms with Crippen molar-refractivity contribution < 1.29 is 24.2 Å². The molecule has 1 amide bonds. The number of carbonyl (C=O) groups excluding carboxylic acids is 2. The molecule has 0 aliphatic carbocycles. The SMILES string of the molecule is CCCCCCCCCCCCCCCCC[C@H](O)[C@@]1(C(=O)OC)CO[C@H](C(C)(C)C)N1C=O. The summed E-state index contributed by atoms with van der Waals surface area (Å²) in [5.41, 5.74) is -1.85. The van der Waals surface area contributed by atoms with Crippen molar-refractivity contribution in [2.75, 3.05) is 13.7 Å². The highest BCUT2D eigenvalue weighted by Crippen LogP contribution is 2.39. The molecule has 6 heteroatoms. The van der Waals surface area contributed by atoms with Crippen LogP contribution in [0.15, 0.2) is 0 Å². The Bertz CT molecular complexity index is 561. The van der Waals surface area contributed by atoms with Crippen LogP contribution in [-0.2, 0) is 19.1 Å². The second-order valence-corrected chi connectivity index (χ2v) is 11.2. The van der Waals surface area contributed by atoms with Crippen LogP contribution in [0.1, 0.15) is 130 Å². The number of hydrogen-bond donors (Lipinski definition) is 1. The number of ether oxygens (including phenoxy) is 2. The summed E-state index contributed by atoms with van der Waals surface area (Å²) in [7, 11) is 1.29. The number of hydrogen-bond acceptors (Lipinski definition) is 5. The lowest BCUT2D eigenvalue weighted by Crippen LogP contribution is -2.63. The molecule has 0 spiro atoms. The summed E-state index contributed by atoms with van der Waals surface area (Å²) in [4.78, 5) is 26.0. The van der Waals surface area contributed by atoms with Gasteiger partial charge in [0.05, 0.1) is 19.8 Å². The quantitative estimate of drug-likeness (QED) is 0.131. The molecule has 0 aromatic rings. The van der Waals surface area contributed by atoms with E-state index in [4.69, 9.17) is 9.47 Å². The van der Waals surface area contributed by atoms with Gasteiger partial charge in [-0.05, 0) is 6.42 Å². The van der Waals surface area contributed by atoms with Gasteiger partial charge in [-0.1, -0.05) is 124 Å². The van der Waals surface area contributed by atoms with Gasteiger partial charge < -0.3 is 14.6 Å². The summed E-state index contributed by atoms with van der Waals surface area (Å²) in [6.07, 6.45) is 18.6. The van der Waals surface area contributed by atoms with Gasteiger partial charge in [-0.3, -0.25) is 9.69 Å². The molecule has 3 atom stereocenters. The number of amides is 1. The van der Waals surface area contributed by atoms with Crippen LogP contribution in [0.4, 0.5) is 0 Å². The molecule has 1 aliphatic rings. The third-order valence-electron chi connectivity index (χ3n) is 7.20. The Morgan fingerprint density at radius 3 is 1.79 bits per heavy atom. The Labute approximate surface area is 209 Å². The monoisotopic (exact) mass is 483 g/mol. The van der Waals surface area contributed by atoms with Crippen molar-refractivity contribution in [2.24, 2.45) is 5.41 Å². The molecule has 0 aromatic carbocycles. The molecule has 1 heterocycles. The van der Waals surface area contributed by atoms with E-state index in [1.54, 1.807) is 0 Å². The number of carbonyl (C=O) groups is 2. The maximum atomic E-state index is 12.7. The molecule has 200 valence electrons. The summed E-state index contributed by atoms with van der Waals surface area (Å²) in [5, 5.41) is 11.0. The van der Waals surface area contributed by atoms with Gasteiger partial charge in [0.15, 0.2) is 5.54 Å². The zero-order valence-electron chi connectivity index (χ0n) is 22.8. The summed E-state index contributed by atoms with van der Waals surface area (Å²) in [6, 6.07) is 0. The van der Waals surface area contributed by atoms with E-state index in [-0.39, 0.29) is 12.0 Å². The van der Waals surface area contributed by atoms with Crippen molar-refractivity contribution in [3.63, 3.8) is 0 Å². The van der Waals surface area contributed by atoms with Crippen molar-refractivity contribution in [3.05, 3.63) is 0 Å². The van der Waals surface area contributed by atoms with Crippen molar-refractivity contribution in [1.82, 2.24) is 4.90 Å². The van der Waals surface area contributed by atoms with E-state index in [0.29, 0.717) is 12.8 Å². The topological polar surface area (TPSA) is 76.1 Å². The fraction of sp³-hybridized carbons (Fsp3) is 0.929. The Hall–Kier alpha value is -1.14. The van der Waals surface area contributed by atoms with Crippen LogP contribution in [0.3, 0.4) is 0 Å². The normalized spacial score (nSPS) is 21.6. The van der Waals surface area contributed by atoms with Crippen LogP contribution >= 0.6 is 0 Å². The average molecular weight is 484 g/mol. The molecule has 6 nitrogen and oxygen atoms in total. The molecule has 0 unspecified atom stereocenters. The molecule has 0 saturated carbocycles. The van der Waals surface area contributed by atoms with Gasteiger partial charge in [0.1, 0.15) is 6.23 Å². The van der Waals surface area contributed by atoms with E-state index >= 15 is 0 Å². The van der Waals surface area contributed by atoms with E-state index in [9.17, 15) is 14.7 Å². The van der Waals surface area contributed by atoms with Crippen LogP contribution in [0.25, 0.3) is 0 Å². The van der Waals surface area contributed by atoms with Crippen LogP contribution in [0.5, 0.6) is 0 Å². The van der Waals surface area contributed by atoms with Crippen molar-refractivity contribution in [2.45, 2.75) is 148 Å². The maximum Gasteiger partial charge on any atom is 0.337 e. The van der Waals surface area contributed by atoms with E-state index in [1.807, 2.05) is 20.8 Å². The number of esters is 1. The van der Waals surface area contributed by atoms with Gasteiger partial charge in [0.25, 0.3) is 0 Å². The van der Waals surface area contributed by atoms with Gasteiger partial charge in [-0.2, -0.15) is 0 Å². The van der Waals surface area contributed by atoms with Crippen LogP contribution in [-0.4, -0.2) is 54.0 Å². The van der Waals surface area contributed by atoms with Gasteiger partial charge in [-0.25, -0.2) is 4.79 Å². The zero-order valence-corrected chi connectivity index (χ0v) is 22.8. The third kappa shape index (κ3) is 9.49. The minimum atomic E-state index is -1.47. The molecule has 1 N–H and O–H groups in total. The number of aliphatic hydroxyl groups excluding tert-OH is 1. The summed E-state index contributed by atoms with van der Waals surface area (Å²) >= 11 is 0. The number of rotatable bonds is 19. The largest absolute Gasteiger partial charge is 0.467 e. The van der Waals surface area contributed by atoms with Crippen molar-refractivity contribution >= 4 is 12.4 Å². The standard InChI is InChI=1S/C28H53NO5/c1-6-7-8-9-10-11-12-13-14-15-16-17-18-19-20-21-24(31)28(26(32)33-5)22-34-25(27(2,3)4)29(28)23-30/h23-25,31H,6-22H2,1-5H3/t24-,25+,28+/m0/s1. The van der Waals surface area contributed by atoms with Gasteiger partial charge in [0.2, 0.25) is 6.41 Å². The number of unbranched alkanes of at least 4 members (excludes halogenated alkanes) is 14. The smallest absolute Gasteiger partial charge is 0.337 e. The van der Waals surface area contributed by atoms with Crippen LogP contribution < -0.4 is 0 Å². The number of nitrogens with zero attached hydrogens (tertiary/aromatic N) is 1. The lowest BCUT2D eigenvalue weighted by molar-refractivity contribution is -0.167. The molecule has 1 fully saturated rings. The van der Waals surface area contributed by atoms with Crippen molar-refractivity contribution in [3.8, 4) is 0 Å². The summed E-state index contributed by atoms with van der Waals surface area (Å²) in [6.45, 7) is 8.06. The molecule has 0 aromatic heterocycles. The molecular weight excluding hydrogens is 430 g/mol. The second kappa shape index (κ2) is 16.5. The predicted octanol–water partition coefficient (Wildman–Crippen LogP) is 6.38. The fourth-order valence-electron chi connectivity index (χ4n) is 5.08. The highest BCUT2D eigenvalue weighted by atomic mass is 16.6. The van der Waals surface area contributed by atoms with Gasteiger partial charge in [-0.15, -0.1) is 0 Å². The Kier molecular flexibility index (Phi) is 15.0. The first-order valence-electron chi connectivity index (χ1n) is 13.9. The molecule has 1 saturated heterocycles. The van der Waals surface area contributed by atoms with Crippen LogP contribution in [0.2, 0.25) is 0 Å². The minimum Gasteiger partial charge on any atom is -0.467 e. The van der Waals surface area contributed by atoms with Crippen molar-refractivity contribution in [1.29, 1.82) is 0 Å². The molecule has 34 heavy (non-hydrogen) atoms. The maximum absolute atomic E-state index is 12.7. The lowest BCUT2D eigenvalue weighted by Gasteiger charge is -2.40. The molecule has 0 bridgehead atoms. The van der Waals surface area contributed by atoms with Gasteiger partial charge >= 0.3 is 5.97 Å². The summed E-state index contributed by atoms with van der Waals surface area (Å²) < 4.78 is 10.8. The number of methoxy groups -OCH3 is 1. The third-order valence-corrected chi connectivity index (χ3v) is 7.20. The first kappa shape index (κ1) is 30.9. The predicted molar refractivity (Wildman–Crippen MR) is 137 cm³/mol. The minimum absolute atomic E-state index is 0.0414. The molecular formula is C28H53NO5. The first-order chi connectivity index (χ1) is 16.3. The van der Waals surface area contributed by atoms with E-state index in [1.165, 1.54) is 89.1 Å². The van der Waals surface area contributed by atoms with E-state index in [2.05, 4.69) is 6.92 Å². The van der Waals surface area contributed by atoms with Gasteiger partial charge in [0, 0.05) is 5.41 Å². The first-order valence-corrected chi connectivity index (χ1v) is 13.9. The zero-order chi connectivity index (χ0) is 25.5. The van der Waals surface area contributed by atoms with E-state index < -0.39 is 23.8 Å². The lowest BCUT2D eigenvalue weighted by atomic mass is 9.86. The molecule has 1 aliphatic heterocycles. The highest BCUT2D eigenvalue weighted by Gasteiger charge is 2.60. The average Bonchev–Trinajstić information content (AvgIpc) is 3.22. The summed E-state index contributed by atoms with van der Waals surface area (Å²) in [5.74, 6) is -0.611. The van der Waals surface area contributed by atoms with Crippen LogP contribution in [0, 0.1) is 5.41 Å². The van der Waals surface area contributed by atoms with E-state index in [0.717, 1.165) is 19.3 Å². The number of aliphatic hydroxyl groups is 1.